The predicted octanol–water partition coefficient (Wildman–Crippen LogP) is 13.1. The Morgan fingerprint density at radius 3 is 2.21 bits per heavy atom. The van der Waals surface area contributed by atoms with Crippen LogP contribution in [0, 0.1) is 11.8 Å². The van der Waals surface area contributed by atoms with Gasteiger partial charge >= 0.3 is 0 Å². The van der Waals surface area contributed by atoms with Gasteiger partial charge in [-0.3, -0.25) is 4.99 Å². The molecule has 1 aliphatic heterocycles. The summed E-state index contributed by atoms with van der Waals surface area (Å²) in [5, 5.41) is 5.61. The molecule has 248 valence electrons. The molecule has 0 saturated carbocycles. The minimum absolute atomic E-state index is 0.264. The van der Waals surface area contributed by atoms with Crippen molar-refractivity contribution in [3.8, 4) is 22.3 Å². The van der Waals surface area contributed by atoms with Crippen LogP contribution in [0.15, 0.2) is 149 Å². The lowest BCUT2D eigenvalue weighted by Crippen LogP contribution is -2.30. The Labute approximate surface area is 305 Å². The van der Waals surface area contributed by atoms with Gasteiger partial charge in [-0.25, -0.2) is 0 Å². The van der Waals surface area contributed by atoms with Crippen LogP contribution in [0.5, 0.6) is 0 Å². The second-order valence-electron chi connectivity index (χ2n) is 15.7. The molecule has 0 saturated heterocycles. The molecule has 0 spiro atoms. The number of rotatable bonds is 3. The molecular weight excluding hydrogens is 627 g/mol. The van der Waals surface area contributed by atoms with Crippen LogP contribution in [0.3, 0.4) is 0 Å². The Hall–Kier alpha value is -5.53. The third-order valence-electron chi connectivity index (χ3n) is 13.1. The van der Waals surface area contributed by atoms with Gasteiger partial charge in [0.05, 0.1) is 6.04 Å². The maximum absolute atomic E-state index is 5.17. The van der Waals surface area contributed by atoms with Crippen molar-refractivity contribution in [2.45, 2.75) is 51.0 Å². The van der Waals surface area contributed by atoms with E-state index < -0.39 is 0 Å². The number of hydrogen-bond acceptors (Lipinski definition) is 1. The molecule has 0 fully saturated rings. The first-order valence-corrected chi connectivity index (χ1v) is 19.5. The highest BCUT2D eigenvalue weighted by Crippen LogP contribution is 2.64. The molecule has 0 bridgehead atoms. The lowest BCUT2D eigenvalue weighted by Gasteiger charge is -2.40. The maximum Gasteiger partial charge on any atom is 0.0714 e. The molecular formula is C51H39N. The van der Waals surface area contributed by atoms with E-state index in [1.54, 1.807) is 0 Å². The number of allylic oxidation sites excluding steroid dienone is 13. The van der Waals surface area contributed by atoms with E-state index in [-0.39, 0.29) is 12.0 Å². The monoisotopic (exact) mass is 665 g/mol. The van der Waals surface area contributed by atoms with Crippen molar-refractivity contribution in [3.63, 3.8) is 0 Å². The average Bonchev–Trinajstić information content (AvgIpc) is 3.72. The first-order valence-electron chi connectivity index (χ1n) is 19.5. The van der Waals surface area contributed by atoms with Crippen LogP contribution in [-0.2, 0) is 0 Å². The van der Waals surface area contributed by atoms with Crippen LogP contribution in [0.25, 0.3) is 66.1 Å². The molecule has 5 aromatic rings. The second-order valence-corrected chi connectivity index (χ2v) is 15.7. The average molecular weight is 666 g/mol. The maximum atomic E-state index is 5.17. The van der Waals surface area contributed by atoms with E-state index in [4.69, 9.17) is 4.99 Å². The van der Waals surface area contributed by atoms with Crippen molar-refractivity contribution in [1.82, 2.24) is 0 Å². The first-order chi connectivity index (χ1) is 25.8. The van der Waals surface area contributed by atoms with E-state index in [0.717, 1.165) is 38.5 Å². The second kappa shape index (κ2) is 11.0. The van der Waals surface area contributed by atoms with Crippen LogP contribution >= 0.6 is 0 Å². The number of benzene rings is 5. The van der Waals surface area contributed by atoms with Gasteiger partial charge in [-0.2, -0.15) is 0 Å². The molecule has 0 radical (unpaired) electrons. The Kier molecular flexibility index (Phi) is 6.15. The Bertz CT molecular complexity index is 2680. The van der Waals surface area contributed by atoms with Crippen LogP contribution in [0.2, 0.25) is 0 Å². The molecule has 52 heavy (non-hydrogen) atoms. The van der Waals surface area contributed by atoms with Crippen molar-refractivity contribution in [3.05, 3.63) is 166 Å². The highest BCUT2D eigenvalue weighted by molar-refractivity contribution is 6.30. The molecule has 5 aromatic carbocycles. The molecule has 6 aliphatic carbocycles. The zero-order chi connectivity index (χ0) is 33.9. The zero-order valence-electron chi connectivity index (χ0n) is 29.3. The van der Waals surface area contributed by atoms with E-state index in [1.807, 2.05) is 0 Å². The number of hydrogen-bond donors (Lipinski definition) is 0. The number of aliphatic imine (C=N–C) groups is 1. The largest absolute Gasteiger partial charge is 0.290 e. The van der Waals surface area contributed by atoms with Crippen molar-refractivity contribution in [2.75, 3.05) is 0 Å². The lowest BCUT2D eigenvalue weighted by atomic mass is 9.64. The third-order valence-corrected chi connectivity index (χ3v) is 13.1. The van der Waals surface area contributed by atoms with Crippen molar-refractivity contribution in [1.29, 1.82) is 0 Å². The SMILES string of the molecule is C1=CC2=C(C=C3c4c(c(-c5ccccc5)c5cc6c7c(cccc7c5c4-c4ccccc4)C4=C6CCC=C4)C4=CC=C(C5CCCC=N5)C2C43)CC1. The molecule has 12 rings (SSSR count). The quantitative estimate of drug-likeness (QED) is 0.170. The van der Waals surface area contributed by atoms with Crippen molar-refractivity contribution >= 4 is 50.1 Å². The summed E-state index contributed by atoms with van der Waals surface area (Å²) >= 11 is 0. The van der Waals surface area contributed by atoms with Gasteiger partial charge in [0, 0.05) is 11.8 Å². The predicted molar refractivity (Wildman–Crippen MR) is 220 cm³/mol. The fourth-order valence-corrected chi connectivity index (χ4v) is 11.1. The van der Waals surface area contributed by atoms with E-state index >= 15 is 0 Å². The minimum atomic E-state index is 0.264. The molecule has 1 heteroatoms. The molecule has 3 unspecified atom stereocenters. The molecule has 7 aliphatic rings. The standard InChI is InChI=1S/C51H39N/c1-3-14-30(15-4-1)44-42-29-40-35-21-10-9-20-34(35)36-22-13-23-38(46(36)40)48(42)45(31-16-5-2-6-17-31)51-41-28-32-18-7-8-19-33(32)47-37(43-24-11-12-27-52-43)25-26-39(49(41)47)50(44)51/h1-6,8-9,13-17,19-20,22-23,25-29,43,47,49H,7,10-12,18,21,24H2. The molecule has 0 aromatic heterocycles. The summed E-state index contributed by atoms with van der Waals surface area (Å²) in [5.74, 6) is 0.594. The molecule has 0 N–H and O–H groups in total. The molecule has 1 nitrogen and oxygen atoms in total. The summed E-state index contributed by atoms with van der Waals surface area (Å²) in [6.07, 6.45) is 27.4. The highest BCUT2D eigenvalue weighted by Gasteiger charge is 2.48. The summed E-state index contributed by atoms with van der Waals surface area (Å²) in [7, 11) is 0. The fraction of sp³-hybridized carbons (Fsp3) is 0.196. The number of fused-ring (bicyclic) bond motifs is 8. The van der Waals surface area contributed by atoms with Crippen LogP contribution < -0.4 is 0 Å². The van der Waals surface area contributed by atoms with Crippen molar-refractivity contribution < 1.29 is 0 Å². The summed E-state index contributed by atoms with van der Waals surface area (Å²) in [6, 6.07) is 32.7. The van der Waals surface area contributed by atoms with Gasteiger partial charge in [0.1, 0.15) is 0 Å². The van der Waals surface area contributed by atoms with Gasteiger partial charge in [-0.05, 0) is 162 Å². The highest BCUT2D eigenvalue weighted by atomic mass is 14.8. The fourth-order valence-electron chi connectivity index (χ4n) is 11.1. The Morgan fingerprint density at radius 1 is 0.596 bits per heavy atom. The van der Waals surface area contributed by atoms with Gasteiger partial charge in [0.25, 0.3) is 0 Å². The van der Waals surface area contributed by atoms with Gasteiger partial charge < -0.3 is 0 Å². The van der Waals surface area contributed by atoms with Crippen LogP contribution in [0.1, 0.15) is 67.2 Å². The Morgan fingerprint density at radius 2 is 1.38 bits per heavy atom. The smallest absolute Gasteiger partial charge is 0.0714 e. The summed E-state index contributed by atoms with van der Waals surface area (Å²) in [4.78, 5) is 5.17. The van der Waals surface area contributed by atoms with Crippen LogP contribution in [-0.4, -0.2) is 12.3 Å². The van der Waals surface area contributed by atoms with E-state index in [0.29, 0.717) is 5.92 Å². The van der Waals surface area contributed by atoms with Gasteiger partial charge in [0.15, 0.2) is 0 Å². The van der Waals surface area contributed by atoms with Crippen LogP contribution in [0.4, 0.5) is 0 Å². The zero-order valence-corrected chi connectivity index (χ0v) is 29.3. The van der Waals surface area contributed by atoms with Gasteiger partial charge in [0.2, 0.25) is 0 Å². The first kappa shape index (κ1) is 29.1. The van der Waals surface area contributed by atoms with E-state index in [9.17, 15) is 0 Å². The molecule has 0 amide bonds. The summed E-state index contributed by atoms with van der Waals surface area (Å²) in [6.45, 7) is 0. The van der Waals surface area contributed by atoms with Gasteiger partial charge in [-0.1, -0.05) is 121 Å². The van der Waals surface area contributed by atoms with Gasteiger partial charge in [-0.15, -0.1) is 0 Å². The number of nitrogens with zero attached hydrogens (tertiary/aromatic N) is 1. The Balaban J connectivity index is 1.28. The summed E-state index contributed by atoms with van der Waals surface area (Å²) < 4.78 is 0. The van der Waals surface area contributed by atoms with E-state index in [2.05, 4.69) is 134 Å². The molecule has 3 atom stereocenters. The normalized spacial score (nSPS) is 23.4. The minimum Gasteiger partial charge on any atom is -0.290 e. The lowest BCUT2D eigenvalue weighted by molar-refractivity contribution is 0.532. The summed E-state index contributed by atoms with van der Waals surface area (Å²) in [5.41, 5.74) is 21.7. The van der Waals surface area contributed by atoms with E-state index in [1.165, 1.54) is 111 Å². The third kappa shape index (κ3) is 3.86. The molecule has 1 heterocycles. The topological polar surface area (TPSA) is 12.4 Å². The van der Waals surface area contributed by atoms with Crippen molar-refractivity contribution in [2.24, 2.45) is 16.8 Å².